The molecule has 0 aromatic carbocycles. The lowest BCUT2D eigenvalue weighted by Crippen LogP contribution is -2.33. The second-order valence-electron chi connectivity index (χ2n) is 4.21. The maximum Gasteiger partial charge on any atom is 0.274 e. The second kappa shape index (κ2) is 5.70. The number of nitrogen functional groups attached to an aromatic ring is 1. The van der Waals surface area contributed by atoms with Crippen molar-refractivity contribution >= 4 is 11.6 Å². The van der Waals surface area contributed by atoms with Gasteiger partial charge in [0.15, 0.2) is 0 Å². The average molecular weight is 238 g/mol. The first-order chi connectivity index (χ1) is 8.02. The van der Waals surface area contributed by atoms with Crippen molar-refractivity contribution in [2.75, 3.05) is 18.8 Å². The Kier molecular flexibility index (Phi) is 4.54. The Hall–Kier alpha value is -1.52. The molecule has 0 saturated heterocycles. The van der Waals surface area contributed by atoms with E-state index in [9.17, 15) is 4.79 Å². The van der Waals surface area contributed by atoms with Crippen LogP contribution in [0.25, 0.3) is 0 Å². The molecule has 0 radical (unpaired) electrons. The van der Waals surface area contributed by atoms with Gasteiger partial charge >= 0.3 is 0 Å². The first kappa shape index (κ1) is 13.5. The third kappa shape index (κ3) is 2.78. The van der Waals surface area contributed by atoms with Crippen molar-refractivity contribution in [3.05, 3.63) is 11.4 Å². The second-order valence-corrected chi connectivity index (χ2v) is 4.21. The summed E-state index contributed by atoms with van der Waals surface area (Å²) in [4.78, 5) is 14.1. The Bertz CT molecular complexity index is 397. The lowest BCUT2D eigenvalue weighted by Gasteiger charge is -2.20. The van der Waals surface area contributed by atoms with Crippen LogP contribution in [-0.4, -0.2) is 33.7 Å². The van der Waals surface area contributed by atoms with E-state index in [1.807, 2.05) is 18.7 Å². The summed E-state index contributed by atoms with van der Waals surface area (Å²) in [5, 5.41) is 4.17. The van der Waals surface area contributed by atoms with Crippen LogP contribution in [-0.2, 0) is 7.05 Å². The zero-order chi connectivity index (χ0) is 13.0. The van der Waals surface area contributed by atoms with Crippen molar-refractivity contribution in [2.24, 2.45) is 7.05 Å². The van der Waals surface area contributed by atoms with E-state index in [0.29, 0.717) is 23.6 Å². The Morgan fingerprint density at radius 2 is 2.12 bits per heavy atom. The van der Waals surface area contributed by atoms with Crippen molar-refractivity contribution in [3.8, 4) is 0 Å². The number of hydrogen-bond donors (Lipinski definition) is 1. The first-order valence-electron chi connectivity index (χ1n) is 6.11. The zero-order valence-electron chi connectivity index (χ0n) is 11.2. The van der Waals surface area contributed by atoms with Crippen molar-refractivity contribution < 1.29 is 4.79 Å². The van der Waals surface area contributed by atoms with E-state index in [1.165, 1.54) is 0 Å². The topological polar surface area (TPSA) is 64.2 Å². The van der Waals surface area contributed by atoms with Gasteiger partial charge in [0.05, 0.1) is 11.4 Å². The Morgan fingerprint density at radius 1 is 1.47 bits per heavy atom. The number of amides is 1. The monoisotopic (exact) mass is 238 g/mol. The molecule has 0 atom stereocenters. The van der Waals surface area contributed by atoms with E-state index >= 15 is 0 Å². The molecule has 2 N–H and O–H groups in total. The molecule has 96 valence electrons. The Balaban J connectivity index is 2.93. The lowest BCUT2D eigenvalue weighted by atomic mass is 10.2. The predicted molar refractivity (Wildman–Crippen MR) is 68.8 cm³/mol. The molecule has 0 aliphatic carbocycles. The quantitative estimate of drug-likeness (QED) is 0.847. The number of nitrogens with two attached hydrogens (primary N) is 1. The molecule has 1 amide bonds. The molecule has 0 unspecified atom stereocenters. The van der Waals surface area contributed by atoms with Crippen molar-refractivity contribution in [3.63, 3.8) is 0 Å². The molecule has 0 spiro atoms. The van der Waals surface area contributed by atoms with E-state index in [4.69, 9.17) is 5.73 Å². The van der Waals surface area contributed by atoms with Gasteiger partial charge in [-0.3, -0.25) is 9.48 Å². The number of aryl methyl sites for hydroxylation is 2. The molecule has 5 heteroatoms. The Labute approximate surface area is 103 Å². The van der Waals surface area contributed by atoms with Gasteiger partial charge in [0.2, 0.25) is 0 Å². The molecular weight excluding hydrogens is 216 g/mol. The predicted octanol–water partition coefficient (Wildman–Crippen LogP) is 1.57. The standard InChI is InChI=1S/C12H22N4O/c1-5-7-8-16(6-2)12(17)11-10(13)9(3)14-15(11)4/h5-8,13H2,1-4H3. The van der Waals surface area contributed by atoms with Gasteiger partial charge in [-0.05, 0) is 20.3 Å². The third-order valence-electron chi connectivity index (χ3n) is 2.92. The van der Waals surface area contributed by atoms with Gasteiger partial charge in [-0.1, -0.05) is 13.3 Å². The largest absolute Gasteiger partial charge is 0.395 e. The number of carbonyl (C=O) groups is 1. The normalized spacial score (nSPS) is 10.6. The van der Waals surface area contributed by atoms with Gasteiger partial charge in [-0.25, -0.2) is 0 Å². The highest BCUT2D eigenvalue weighted by atomic mass is 16.2. The number of nitrogens with zero attached hydrogens (tertiary/aromatic N) is 3. The van der Waals surface area contributed by atoms with E-state index < -0.39 is 0 Å². The molecule has 0 aliphatic rings. The summed E-state index contributed by atoms with van der Waals surface area (Å²) < 4.78 is 1.57. The van der Waals surface area contributed by atoms with Crippen molar-refractivity contribution in [1.29, 1.82) is 0 Å². The molecule has 5 nitrogen and oxygen atoms in total. The highest BCUT2D eigenvalue weighted by Crippen LogP contribution is 2.17. The van der Waals surface area contributed by atoms with Gasteiger partial charge in [-0.2, -0.15) is 5.10 Å². The van der Waals surface area contributed by atoms with Crippen molar-refractivity contribution in [1.82, 2.24) is 14.7 Å². The number of anilines is 1. The van der Waals surface area contributed by atoms with Crippen LogP contribution in [0.15, 0.2) is 0 Å². The maximum absolute atomic E-state index is 12.3. The molecule has 0 fully saturated rings. The SMILES string of the molecule is CCCCN(CC)C(=O)c1c(N)c(C)nn1C. The van der Waals surface area contributed by atoms with Gasteiger partial charge in [0.25, 0.3) is 5.91 Å². The summed E-state index contributed by atoms with van der Waals surface area (Å²) in [7, 11) is 1.75. The summed E-state index contributed by atoms with van der Waals surface area (Å²) in [6.45, 7) is 7.38. The third-order valence-corrected chi connectivity index (χ3v) is 2.92. The van der Waals surface area contributed by atoms with E-state index in [-0.39, 0.29) is 5.91 Å². The molecule has 0 saturated carbocycles. The minimum absolute atomic E-state index is 0.0263. The van der Waals surface area contributed by atoms with Crippen LogP contribution in [0, 0.1) is 6.92 Å². The van der Waals surface area contributed by atoms with Crippen LogP contribution < -0.4 is 5.73 Å². The molecule has 0 bridgehead atoms. The first-order valence-corrected chi connectivity index (χ1v) is 6.11. The summed E-state index contributed by atoms with van der Waals surface area (Å²) in [6, 6.07) is 0. The summed E-state index contributed by atoms with van der Waals surface area (Å²) in [5.74, 6) is -0.0263. The van der Waals surface area contributed by atoms with Crippen LogP contribution in [0.5, 0.6) is 0 Å². The number of unbranched alkanes of at least 4 members (excludes halogenated alkanes) is 1. The number of hydrogen-bond acceptors (Lipinski definition) is 3. The molecular formula is C12H22N4O. The molecule has 17 heavy (non-hydrogen) atoms. The number of aromatic nitrogens is 2. The summed E-state index contributed by atoms with van der Waals surface area (Å²) in [5.41, 5.74) is 7.60. The molecule has 1 aromatic heterocycles. The zero-order valence-corrected chi connectivity index (χ0v) is 11.2. The minimum Gasteiger partial charge on any atom is -0.395 e. The smallest absolute Gasteiger partial charge is 0.274 e. The van der Waals surface area contributed by atoms with Gasteiger partial charge in [0.1, 0.15) is 5.69 Å². The van der Waals surface area contributed by atoms with E-state index in [0.717, 1.165) is 19.4 Å². The van der Waals surface area contributed by atoms with E-state index in [2.05, 4.69) is 12.0 Å². The number of carbonyl (C=O) groups excluding carboxylic acids is 1. The molecule has 1 heterocycles. The van der Waals surface area contributed by atoms with E-state index in [1.54, 1.807) is 11.7 Å². The van der Waals surface area contributed by atoms with Crippen LogP contribution in [0.4, 0.5) is 5.69 Å². The van der Waals surface area contributed by atoms with Crippen LogP contribution in [0.3, 0.4) is 0 Å². The van der Waals surface area contributed by atoms with Gasteiger partial charge < -0.3 is 10.6 Å². The average Bonchev–Trinajstić information content (AvgIpc) is 2.54. The van der Waals surface area contributed by atoms with Gasteiger partial charge in [0, 0.05) is 20.1 Å². The summed E-state index contributed by atoms with van der Waals surface area (Å²) >= 11 is 0. The maximum atomic E-state index is 12.3. The highest BCUT2D eigenvalue weighted by Gasteiger charge is 2.22. The summed E-state index contributed by atoms with van der Waals surface area (Å²) in [6.07, 6.45) is 2.08. The fourth-order valence-electron chi connectivity index (χ4n) is 1.83. The molecule has 1 aromatic rings. The van der Waals surface area contributed by atoms with Crippen molar-refractivity contribution in [2.45, 2.75) is 33.6 Å². The lowest BCUT2D eigenvalue weighted by molar-refractivity contribution is 0.0752. The molecule has 1 rings (SSSR count). The van der Waals surface area contributed by atoms with Crippen LogP contribution >= 0.6 is 0 Å². The minimum atomic E-state index is -0.0263. The molecule has 0 aliphatic heterocycles. The van der Waals surface area contributed by atoms with Gasteiger partial charge in [-0.15, -0.1) is 0 Å². The van der Waals surface area contributed by atoms with Crippen LogP contribution in [0.1, 0.15) is 42.9 Å². The fraction of sp³-hybridized carbons (Fsp3) is 0.667. The van der Waals surface area contributed by atoms with Crippen LogP contribution in [0.2, 0.25) is 0 Å². The fourth-order valence-corrected chi connectivity index (χ4v) is 1.83. The number of rotatable bonds is 5. The highest BCUT2D eigenvalue weighted by molar-refractivity contribution is 5.97. The Morgan fingerprint density at radius 3 is 2.53 bits per heavy atom.